The summed E-state index contributed by atoms with van der Waals surface area (Å²) in [6, 6.07) is 6.65. The molecule has 0 saturated carbocycles. The number of aromatic nitrogens is 1. The highest BCUT2D eigenvalue weighted by Crippen LogP contribution is 2.20. The number of pyridine rings is 1. The molecule has 0 bridgehead atoms. The van der Waals surface area contributed by atoms with E-state index >= 15 is 0 Å². The van der Waals surface area contributed by atoms with Gasteiger partial charge < -0.3 is 10.2 Å². The molecule has 0 spiro atoms. The van der Waals surface area contributed by atoms with Crippen LogP contribution in [0.15, 0.2) is 24.4 Å². The molecule has 20 heavy (non-hydrogen) atoms. The molecule has 0 radical (unpaired) electrons. The quantitative estimate of drug-likeness (QED) is 0.792. The predicted molar refractivity (Wildman–Crippen MR) is 87.0 cm³/mol. The number of likely N-dealkylation sites (N-methyl/N-ethyl adjacent to an activating group) is 1. The maximum atomic E-state index is 4.39. The Morgan fingerprint density at radius 1 is 1.30 bits per heavy atom. The second-order valence-electron chi connectivity index (χ2n) is 6.71. The van der Waals surface area contributed by atoms with E-state index in [0.29, 0.717) is 6.04 Å². The van der Waals surface area contributed by atoms with E-state index in [2.05, 4.69) is 62.1 Å². The van der Waals surface area contributed by atoms with Gasteiger partial charge in [0, 0.05) is 37.4 Å². The molecule has 1 rings (SSSR count). The van der Waals surface area contributed by atoms with Crippen LogP contribution >= 0.6 is 0 Å². The molecule has 1 N–H and O–H groups in total. The summed E-state index contributed by atoms with van der Waals surface area (Å²) in [5.41, 5.74) is 1.46. The molecule has 1 aromatic heterocycles. The fourth-order valence-corrected chi connectivity index (χ4v) is 2.22. The van der Waals surface area contributed by atoms with Crippen LogP contribution in [0.1, 0.15) is 39.8 Å². The topological polar surface area (TPSA) is 28.2 Å². The Hall–Kier alpha value is -0.930. The van der Waals surface area contributed by atoms with Gasteiger partial charge in [0.25, 0.3) is 0 Å². The fraction of sp³-hybridized carbons (Fsp3) is 0.706. The van der Waals surface area contributed by atoms with Gasteiger partial charge in [0.2, 0.25) is 0 Å². The van der Waals surface area contributed by atoms with Gasteiger partial charge in [-0.25, -0.2) is 0 Å². The average molecular weight is 277 g/mol. The van der Waals surface area contributed by atoms with Crippen molar-refractivity contribution in [1.82, 2.24) is 15.2 Å². The molecule has 0 aliphatic rings. The Morgan fingerprint density at radius 3 is 2.60 bits per heavy atom. The van der Waals surface area contributed by atoms with E-state index in [1.807, 2.05) is 12.3 Å². The van der Waals surface area contributed by atoms with E-state index < -0.39 is 0 Å². The van der Waals surface area contributed by atoms with Crippen molar-refractivity contribution < 1.29 is 0 Å². The van der Waals surface area contributed by atoms with Crippen LogP contribution in [0.5, 0.6) is 0 Å². The lowest BCUT2D eigenvalue weighted by Crippen LogP contribution is -2.48. The lowest BCUT2D eigenvalue weighted by molar-refractivity contribution is 0.195. The molecule has 0 aliphatic carbocycles. The van der Waals surface area contributed by atoms with Crippen LogP contribution in [0.4, 0.5) is 0 Å². The first-order chi connectivity index (χ1) is 9.43. The number of hydrogen-bond donors (Lipinski definition) is 1. The number of nitrogens with zero attached hydrogens (tertiary/aromatic N) is 2. The Morgan fingerprint density at radius 2 is 2.05 bits per heavy atom. The minimum Gasteiger partial charge on any atom is -0.312 e. The molecule has 1 unspecified atom stereocenters. The molecule has 1 aromatic rings. The molecule has 0 fully saturated rings. The zero-order valence-corrected chi connectivity index (χ0v) is 13.8. The van der Waals surface area contributed by atoms with Gasteiger partial charge in [-0.15, -0.1) is 0 Å². The van der Waals surface area contributed by atoms with Crippen molar-refractivity contribution in [3.8, 4) is 0 Å². The van der Waals surface area contributed by atoms with Crippen molar-refractivity contribution in [3.05, 3.63) is 30.1 Å². The second-order valence-corrected chi connectivity index (χ2v) is 6.71. The van der Waals surface area contributed by atoms with Crippen LogP contribution in [0.25, 0.3) is 0 Å². The summed E-state index contributed by atoms with van der Waals surface area (Å²) in [5.74, 6) is 0. The summed E-state index contributed by atoms with van der Waals surface area (Å²) in [6.45, 7) is 12.4. The molecule has 3 heteroatoms. The van der Waals surface area contributed by atoms with Crippen LogP contribution in [0, 0.1) is 5.41 Å². The third-order valence-corrected chi connectivity index (χ3v) is 3.66. The molecule has 0 amide bonds. The average Bonchev–Trinajstić information content (AvgIpc) is 2.41. The van der Waals surface area contributed by atoms with Crippen LogP contribution in [0.3, 0.4) is 0 Å². The van der Waals surface area contributed by atoms with Crippen molar-refractivity contribution in [2.24, 2.45) is 5.41 Å². The Bertz CT molecular complexity index is 356. The zero-order chi connectivity index (χ0) is 15.0. The van der Waals surface area contributed by atoms with E-state index in [-0.39, 0.29) is 5.41 Å². The smallest absolute Gasteiger partial charge is 0.0416 e. The predicted octanol–water partition coefficient (Wildman–Crippen LogP) is 2.97. The third kappa shape index (κ3) is 6.49. The minimum absolute atomic E-state index is 0.286. The zero-order valence-electron chi connectivity index (χ0n) is 13.8. The van der Waals surface area contributed by atoms with Crippen LogP contribution in [-0.2, 0) is 6.42 Å². The highest BCUT2D eigenvalue weighted by atomic mass is 15.1. The van der Waals surface area contributed by atoms with Crippen LogP contribution in [0.2, 0.25) is 0 Å². The molecule has 1 heterocycles. The maximum Gasteiger partial charge on any atom is 0.0416 e. The normalized spacial score (nSPS) is 13.7. The number of nitrogens with one attached hydrogen (secondary N) is 1. The molecule has 114 valence electrons. The molecular formula is C17H31N3. The number of rotatable bonds is 8. The molecule has 1 atom stereocenters. The van der Waals surface area contributed by atoms with Crippen molar-refractivity contribution in [3.63, 3.8) is 0 Å². The van der Waals surface area contributed by atoms with Gasteiger partial charge in [0.05, 0.1) is 0 Å². The van der Waals surface area contributed by atoms with Crippen LogP contribution in [-0.4, -0.2) is 42.6 Å². The van der Waals surface area contributed by atoms with Gasteiger partial charge in [-0.1, -0.05) is 33.8 Å². The maximum absolute atomic E-state index is 4.39. The van der Waals surface area contributed by atoms with Crippen molar-refractivity contribution in [1.29, 1.82) is 0 Å². The highest BCUT2D eigenvalue weighted by molar-refractivity contribution is 5.03. The summed E-state index contributed by atoms with van der Waals surface area (Å²) in [4.78, 5) is 6.80. The third-order valence-electron chi connectivity index (χ3n) is 3.66. The summed E-state index contributed by atoms with van der Waals surface area (Å²) >= 11 is 0. The molecular weight excluding hydrogens is 246 g/mol. The molecule has 3 nitrogen and oxygen atoms in total. The monoisotopic (exact) mass is 277 g/mol. The largest absolute Gasteiger partial charge is 0.312 e. The SMILES string of the molecule is CCCNC(CN(C)CCc1ccccn1)C(C)(C)C. The van der Waals surface area contributed by atoms with E-state index in [1.165, 1.54) is 12.1 Å². The summed E-state index contributed by atoms with van der Waals surface area (Å²) in [7, 11) is 2.20. The van der Waals surface area contributed by atoms with Gasteiger partial charge >= 0.3 is 0 Å². The van der Waals surface area contributed by atoms with Crippen LogP contribution < -0.4 is 5.32 Å². The van der Waals surface area contributed by atoms with Crippen molar-refractivity contribution >= 4 is 0 Å². The molecule has 0 saturated heterocycles. The van der Waals surface area contributed by atoms with Crippen molar-refractivity contribution in [2.45, 2.75) is 46.6 Å². The van der Waals surface area contributed by atoms with E-state index in [0.717, 1.165) is 26.1 Å². The summed E-state index contributed by atoms with van der Waals surface area (Å²) in [6.07, 6.45) is 4.07. The van der Waals surface area contributed by atoms with Gasteiger partial charge in [0.1, 0.15) is 0 Å². The van der Waals surface area contributed by atoms with Gasteiger partial charge in [-0.3, -0.25) is 4.98 Å². The standard InChI is InChI=1S/C17H31N3/c1-6-11-19-16(17(2,3)4)14-20(5)13-10-15-9-7-8-12-18-15/h7-9,12,16,19H,6,10-11,13-14H2,1-5H3. The number of hydrogen-bond acceptors (Lipinski definition) is 3. The first-order valence-corrected chi connectivity index (χ1v) is 7.75. The highest BCUT2D eigenvalue weighted by Gasteiger charge is 2.24. The lowest BCUT2D eigenvalue weighted by atomic mass is 9.86. The van der Waals surface area contributed by atoms with E-state index in [9.17, 15) is 0 Å². The first kappa shape index (κ1) is 17.1. The van der Waals surface area contributed by atoms with Gasteiger partial charge in [0.15, 0.2) is 0 Å². The summed E-state index contributed by atoms with van der Waals surface area (Å²) in [5, 5.41) is 3.68. The second kappa shape index (κ2) is 8.38. The fourth-order valence-electron chi connectivity index (χ4n) is 2.22. The molecule has 0 aliphatic heterocycles. The lowest BCUT2D eigenvalue weighted by Gasteiger charge is -2.35. The van der Waals surface area contributed by atoms with E-state index in [1.54, 1.807) is 0 Å². The summed E-state index contributed by atoms with van der Waals surface area (Å²) < 4.78 is 0. The Labute approximate surface area is 124 Å². The van der Waals surface area contributed by atoms with E-state index in [4.69, 9.17) is 0 Å². The van der Waals surface area contributed by atoms with Gasteiger partial charge in [-0.05, 0) is 37.6 Å². The minimum atomic E-state index is 0.286. The Balaban J connectivity index is 2.43. The van der Waals surface area contributed by atoms with Crippen molar-refractivity contribution in [2.75, 3.05) is 26.7 Å². The Kier molecular flexibility index (Phi) is 7.17. The van der Waals surface area contributed by atoms with Gasteiger partial charge in [-0.2, -0.15) is 0 Å². The molecule has 0 aromatic carbocycles. The first-order valence-electron chi connectivity index (χ1n) is 7.75.